The molecule has 2 aromatic rings. The van der Waals surface area contributed by atoms with Gasteiger partial charge in [-0.2, -0.15) is 0 Å². The number of hydrogen-bond donors (Lipinski definition) is 1. The molecule has 0 aliphatic rings. The normalized spacial score (nSPS) is 12.0. The summed E-state index contributed by atoms with van der Waals surface area (Å²) in [5.41, 5.74) is 2.27. The van der Waals surface area contributed by atoms with Crippen LogP contribution in [-0.4, -0.2) is 14.2 Å². The second-order valence-electron chi connectivity index (χ2n) is 4.80. The lowest BCUT2D eigenvalue weighted by Gasteiger charge is -2.18. The van der Waals surface area contributed by atoms with Crippen molar-refractivity contribution in [3.63, 3.8) is 0 Å². The molecular weight excluding hydrogens is 330 g/mol. The van der Waals surface area contributed by atoms with Crippen LogP contribution in [-0.2, 0) is 6.54 Å². The molecule has 0 bridgehead atoms. The maximum absolute atomic E-state index is 5.41. The van der Waals surface area contributed by atoms with Crippen LogP contribution in [0.1, 0.15) is 24.1 Å². The van der Waals surface area contributed by atoms with Crippen LogP contribution in [0.3, 0.4) is 0 Å². The Hall–Kier alpha value is -1.52. The number of rotatable bonds is 6. The zero-order chi connectivity index (χ0) is 15.2. The van der Waals surface area contributed by atoms with Gasteiger partial charge in [-0.05, 0) is 31.2 Å². The Morgan fingerprint density at radius 2 is 1.76 bits per heavy atom. The van der Waals surface area contributed by atoms with Gasteiger partial charge in [-0.15, -0.1) is 0 Å². The summed E-state index contributed by atoms with van der Waals surface area (Å²) in [5.74, 6) is 1.79. The standard InChI is InChI=1S/C17H20BrNO2/c1-12(15-6-4-5-7-17(15)21-3)19-11-13-10-14(18)8-9-16(13)20-2/h4-10,12,19H,11H2,1-3H3. The van der Waals surface area contributed by atoms with Gasteiger partial charge in [0, 0.05) is 28.2 Å². The van der Waals surface area contributed by atoms with Gasteiger partial charge in [0.15, 0.2) is 0 Å². The lowest BCUT2D eigenvalue weighted by Crippen LogP contribution is -2.19. The first kappa shape index (κ1) is 15.9. The first-order valence-electron chi connectivity index (χ1n) is 6.84. The Balaban J connectivity index is 2.11. The minimum Gasteiger partial charge on any atom is -0.496 e. The van der Waals surface area contributed by atoms with E-state index in [-0.39, 0.29) is 6.04 Å². The van der Waals surface area contributed by atoms with Crippen LogP contribution in [0, 0.1) is 0 Å². The molecule has 0 amide bonds. The smallest absolute Gasteiger partial charge is 0.123 e. The van der Waals surface area contributed by atoms with Gasteiger partial charge in [0.2, 0.25) is 0 Å². The fraction of sp³-hybridized carbons (Fsp3) is 0.294. The molecule has 0 aromatic heterocycles. The Bertz CT molecular complexity index is 601. The second kappa shape index (κ2) is 7.48. The van der Waals surface area contributed by atoms with Crippen molar-refractivity contribution < 1.29 is 9.47 Å². The Morgan fingerprint density at radius 1 is 1.05 bits per heavy atom. The minimum absolute atomic E-state index is 0.185. The third kappa shape index (κ3) is 3.99. The molecule has 21 heavy (non-hydrogen) atoms. The molecule has 112 valence electrons. The van der Waals surface area contributed by atoms with Crippen LogP contribution in [0.5, 0.6) is 11.5 Å². The van der Waals surface area contributed by atoms with Gasteiger partial charge in [0.05, 0.1) is 14.2 Å². The van der Waals surface area contributed by atoms with E-state index in [0.717, 1.165) is 33.6 Å². The molecule has 0 heterocycles. The Labute approximate surface area is 134 Å². The number of nitrogens with one attached hydrogen (secondary N) is 1. The van der Waals surface area contributed by atoms with Gasteiger partial charge in [0.25, 0.3) is 0 Å². The maximum Gasteiger partial charge on any atom is 0.123 e. The van der Waals surface area contributed by atoms with E-state index in [2.05, 4.69) is 40.3 Å². The first-order chi connectivity index (χ1) is 10.2. The van der Waals surface area contributed by atoms with Crippen LogP contribution in [0.2, 0.25) is 0 Å². The molecule has 1 atom stereocenters. The van der Waals surface area contributed by atoms with E-state index in [1.807, 2.05) is 30.3 Å². The highest BCUT2D eigenvalue weighted by Gasteiger charge is 2.11. The summed E-state index contributed by atoms with van der Waals surface area (Å²) in [6, 6.07) is 14.3. The van der Waals surface area contributed by atoms with E-state index in [0.29, 0.717) is 0 Å². The molecule has 1 N–H and O–H groups in total. The lowest BCUT2D eigenvalue weighted by molar-refractivity contribution is 0.397. The topological polar surface area (TPSA) is 30.5 Å². The van der Waals surface area contributed by atoms with Gasteiger partial charge in [0.1, 0.15) is 11.5 Å². The average molecular weight is 350 g/mol. The largest absolute Gasteiger partial charge is 0.496 e. The summed E-state index contributed by atoms with van der Waals surface area (Å²) in [4.78, 5) is 0. The van der Waals surface area contributed by atoms with Gasteiger partial charge in [-0.3, -0.25) is 0 Å². The van der Waals surface area contributed by atoms with Crippen molar-refractivity contribution in [2.24, 2.45) is 0 Å². The summed E-state index contributed by atoms with van der Waals surface area (Å²) in [7, 11) is 3.39. The molecule has 4 heteroatoms. The number of ether oxygens (including phenoxy) is 2. The van der Waals surface area contributed by atoms with Gasteiger partial charge >= 0.3 is 0 Å². The summed E-state index contributed by atoms with van der Waals surface area (Å²) < 4.78 is 11.9. The second-order valence-corrected chi connectivity index (χ2v) is 5.72. The molecular formula is C17H20BrNO2. The van der Waals surface area contributed by atoms with Gasteiger partial charge in [-0.25, -0.2) is 0 Å². The van der Waals surface area contributed by atoms with Crippen molar-refractivity contribution in [3.8, 4) is 11.5 Å². The van der Waals surface area contributed by atoms with E-state index >= 15 is 0 Å². The number of para-hydroxylation sites is 1. The number of halogens is 1. The summed E-state index contributed by atoms with van der Waals surface area (Å²) in [6.07, 6.45) is 0. The van der Waals surface area contributed by atoms with Crippen molar-refractivity contribution in [1.29, 1.82) is 0 Å². The molecule has 0 fully saturated rings. The molecule has 2 rings (SSSR count). The van der Waals surface area contributed by atoms with E-state index in [1.165, 1.54) is 0 Å². The van der Waals surface area contributed by atoms with E-state index in [4.69, 9.17) is 9.47 Å². The monoisotopic (exact) mass is 349 g/mol. The molecule has 0 radical (unpaired) electrons. The van der Waals surface area contributed by atoms with Crippen molar-refractivity contribution in [2.45, 2.75) is 19.5 Å². The van der Waals surface area contributed by atoms with Gasteiger partial charge in [-0.1, -0.05) is 34.1 Å². The zero-order valence-corrected chi connectivity index (χ0v) is 14.1. The highest BCUT2D eigenvalue weighted by molar-refractivity contribution is 9.10. The van der Waals surface area contributed by atoms with Crippen molar-refractivity contribution >= 4 is 15.9 Å². The van der Waals surface area contributed by atoms with E-state index in [1.54, 1.807) is 14.2 Å². The first-order valence-corrected chi connectivity index (χ1v) is 7.63. The third-order valence-electron chi connectivity index (χ3n) is 3.45. The Kier molecular flexibility index (Phi) is 5.65. The van der Waals surface area contributed by atoms with Crippen LogP contribution in [0.15, 0.2) is 46.9 Å². The van der Waals surface area contributed by atoms with E-state index < -0.39 is 0 Å². The number of benzene rings is 2. The Morgan fingerprint density at radius 3 is 2.48 bits per heavy atom. The zero-order valence-electron chi connectivity index (χ0n) is 12.5. The third-order valence-corrected chi connectivity index (χ3v) is 3.94. The minimum atomic E-state index is 0.185. The highest BCUT2D eigenvalue weighted by atomic mass is 79.9. The van der Waals surface area contributed by atoms with Crippen molar-refractivity contribution in [1.82, 2.24) is 5.32 Å². The summed E-state index contributed by atoms with van der Waals surface area (Å²) in [6.45, 7) is 2.85. The predicted octanol–water partition coefficient (Wildman–Crippen LogP) is 4.32. The lowest BCUT2D eigenvalue weighted by atomic mass is 10.1. The number of methoxy groups -OCH3 is 2. The fourth-order valence-corrected chi connectivity index (χ4v) is 2.69. The van der Waals surface area contributed by atoms with Crippen molar-refractivity contribution in [2.75, 3.05) is 14.2 Å². The summed E-state index contributed by atoms with van der Waals surface area (Å²) >= 11 is 3.50. The van der Waals surface area contributed by atoms with Gasteiger partial charge < -0.3 is 14.8 Å². The molecule has 0 aliphatic carbocycles. The molecule has 1 unspecified atom stereocenters. The van der Waals surface area contributed by atoms with Crippen LogP contribution in [0.4, 0.5) is 0 Å². The average Bonchev–Trinajstić information content (AvgIpc) is 2.52. The van der Waals surface area contributed by atoms with Crippen LogP contribution >= 0.6 is 15.9 Å². The van der Waals surface area contributed by atoms with Crippen LogP contribution < -0.4 is 14.8 Å². The fourth-order valence-electron chi connectivity index (χ4n) is 2.28. The van der Waals surface area contributed by atoms with E-state index in [9.17, 15) is 0 Å². The number of hydrogen-bond acceptors (Lipinski definition) is 3. The molecule has 3 nitrogen and oxygen atoms in total. The SMILES string of the molecule is COc1ccc(Br)cc1CNC(C)c1ccccc1OC. The predicted molar refractivity (Wildman–Crippen MR) is 88.9 cm³/mol. The summed E-state index contributed by atoms with van der Waals surface area (Å²) in [5, 5.41) is 3.51. The maximum atomic E-state index is 5.41. The molecule has 0 saturated carbocycles. The highest BCUT2D eigenvalue weighted by Crippen LogP contribution is 2.26. The van der Waals surface area contributed by atoms with Crippen LogP contribution in [0.25, 0.3) is 0 Å². The molecule has 0 aliphatic heterocycles. The molecule has 2 aromatic carbocycles. The molecule has 0 saturated heterocycles. The quantitative estimate of drug-likeness (QED) is 0.842. The van der Waals surface area contributed by atoms with Crippen molar-refractivity contribution in [3.05, 3.63) is 58.1 Å². The molecule has 0 spiro atoms.